The lowest BCUT2D eigenvalue weighted by molar-refractivity contribution is -0.126. The first-order chi connectivity index (χ1) is 13.0. The summed E-state index contributed by atoms with van der Waals surface area (Å²) >= 11 is 3.33. The number of carbonyl (C=O) groups excluding carboxylic acids is 2. The maximum absolute atomic E-state index is 12.5. The molecule has 144 valence electrons. The van der Waals surface area contributed by atoms with Crippen molar-refractivity contribution in [1.82, 2.24) is 20.2 Å². The predicted molar refractivity (Wildman–Crippen MR) is 106 cm³/mol. The average Bonchev–Trinajstić information content (AvgIpc) is 2.68. The molecule has 1 fully saturated rings. The van der Waals surface area contributed by atoms with Gasteiger partial charge in [0.15, 0.2) is 0 Å². The Hall–Kier alpha value is -2.22. The highest BCUT2D eigenvalue weighted by Gasteiger charge is 2.20. The first-order valence-corrected chi connectivity index (χ1v) is 10.0. The van der Waals surface area contributed by atoms with E-state index in [1.165, 1.54) is 17.3 Å². The number of fused-ring (bicyclic) bond motifs is 1. The molecule has 1 aromatic carbocycles. The third-order valence-corrected chi connectivity index (χ3v) is 5.32. The summed E-state index contributed by atoms with van der Waals surface area (Å²) < 4.78 is 2.06. The summed E-state index contributed by atoms with van der Waals surface area (Å²) in [5.41, 5.74) is 0.326. The summed E-state index contributed by atoms with van der Waals surface area (Å²) in [6.07, 6.45) is 6.71. The standard InChI is InChI=1S/C19H23BrN4O3/c20-14-6-7-16-15(10-14)19(27)24(12-23-16)11-17(25)21-8-9-22-18(26)13-4-2-1-3-5-13/h6-7,10,12-13H,1-5,8-9,11H2,(H,21,25)(H,22,26). The number of aromatic nitrogens is 2. The van der Waals surface area contributed by atoms with Gasteiger partial charge in [0, 0.05) is 23.5 Å². The van der Waals surface area contributed by atoms with Crippen LogP contribution in [0.2, 0.25) is 0 Å². The van der Waals surface area contributed by atoms with Crippen LogP contribution in [-0.2, 0) is 16.1 Å². The summed E-state index contributed by atoms with van der Waals surface area (Å²) in [7, 11) is 0. The van der Waals surface area contributed by atoms with Crippen LogP contribution in [-0.4, -0.2) is 34.5 Å². The van der Waals surface area contributed by atoms with Crippen LogP contribution < -0.4 is 16.2 Å². The number of hydrogen-bond acceptors (Lipinski definition) is 4. The van der Waals surface area contributed by atoms with Gasteiger partial charge >= 0.3 is 0 Å². The summed E-state index contributed by atoms with van der Waals surface area (Å²) in [5.74, 6) is -0.110. The van der Waals surface area contributed by atoms with Crippen molar-refractivity contribution in [1.29, 1.82) is 0 Å². The molecule has 2 amide bonds. The van der Waals surface area contributed by atoms with E-state index >= 15 is 0 Å². The van der Waals surface area contributed by atoms with Crippen molar-refractivity contribution >= 4 is 38.6 Å². The molecule has 1 aromatic heterocycles. The fraction of sp³-hybridized carbons (Fsp3) is 0.474. The van der Waals surface area contributed by atoms with E-state index in [4.69, 9.17) is 0 Å². The Morgan fingerprint density at radius 3 is 2.67 bits per heavy atom. The quantitative estimate of drug-likeness (QED) is 0.679. The van der Waals surface area contributed by atoms with Crippen molar-refractivity contribution in [2.24, 2.45) is 5.92 Å². The SMILES string of the molecule is O=C(Cn1cnc2ccc(Br)cc2c1=O)NCCNC(=O)C1CCCCC1. The van der Waals surface area contributed by atoms with E-state index in [2.05, 4.69) is 31.5 Å². The summed E-state index contributed by atoms with van der Waals surface area (Å²) in [5, 5.41) is 6.06. The molecule has 1 aliphatic carbocycles. The normalized spacial score (nSPS) is 14.9. The molecule has 2 N–H and O–H groups in total. The molecule has 0 aliphatic heterocycles. The van der Waals surface area contributed by atoms with Gasteiger partial charge in [-0.3, -0.25) is 19.0 Å². The van der Waals surface area contributed by atoms with Gasteiger partial charge in [-0.2, -0.15) is 0 Å². The van der Waals surface area contributed by atoms with Crippen molar-refractivity contribution in [3.63, 3.8) is 0 Å². The Bertz CT molecular complexity index is 890. The molecule has 3 rings (SSSR count). The minimum atomic E-state index is -0.292. The van der Waals surface area contributed by atoms with Crippen LogP contribution in [0.5, 0.6) is 0 Å². The zero-order valence-corrected chi connectivity index (χ0v) is 16.6. The molecule has 0 atom stereocenters. The van der Waals surface area contributed by atoms with Gasteiger partial charge < -0.3 is 10.6 Å². The second kappa shape index (κ2) is 9.12. The van der Waals surface area contributed by atoms with Crippen molar-refractivity contribution in [3.8, 4) is 0 Å². The van der Waals surface area contributed by atoms with E-state index in [1.54, 1.807) is 12.1 Å². The third kappa shape index (κ3) is 5.15. The van der Waals surface area contributed by atoms with E-state index in [9.17, 15) is 14.4 Å². The number of nitrogens with one attached hydrogen (secondary N) is 2. The minimum absolute atomic E-state index is 0.0736. The molecule has 0 radical (unpaired) electrons. The molecule has 1 saturated carbocycles. The zero-order chi connectivity index (χ0) is 19.2. The molecular weight excluding hydrogens is 412 g/mol. The highest BCUT2D eigenvalue weighted by Crippen LogP contribution is 2.23. The number of hydrogen-bond donors (Lipinski definition) is 2. The number of benzene rings is 1. The van der Waals surface area contributed by atoms with Gasteiger partial charge in [0.05, 0.1) is 17.2 Å². The fourth-order valence-electron chi connectivity index (χ4n) is 3.35. The van der Waals surface area contributed by atoms with Gasteiger partial charge in [0.25, 0.3) is 5.56 Å². The van der Waals surface area contributed by atoms with Gasteiger partial charge in [0.2, 0.25) is 11.8 Å². The van der Waals surface area contributed by atoms with Crippen LogP contribution in [0.1, 0.15) is 32.1 Å². The van der Waals surface area contributed by atoms with Crippen LogP contribution in [0.4, 0.5) is 0 Å². The van der Waals surface area contributed by atoms with Crippen LogP contribution in [0.3, 0.4) is 0 Å². The van der Waals surface area contributed by atoms with E-state index in [1.807, 2.05) is 6.07 Å². The largest absolute Gasteiger partial charge is 0.354 e. The van der Waals surface area contributed by atoms with Crippen LogP contribution in [0.15, 0.2) is 33.8 Å². The summed E-state index contributed by atoms with van der Waals surface area (Å²) in [4.78, 5) is 40.8. The first kappa shape index (κ1) is 19.5. The van der Waals surface area contributed by atoms with Crippen molar-refractivity contribution in [3.05, 3.63) is 39.4 Å². The Balaban J connectivity index is 1.48. The van der Waals surface area contributed by atoms with Gasteiger partial charge in [0.1, 0.15) is 6.54 Å². The molecule has 27 heavy (non-hydrogen) atoms. The Morgan fingerprint density at radius 2 is 1.89 bits per heavy atom. The number of amides is 2. The van der Waals surface area contributed by atoms with Crippen molar-refractivity contribution in [2.75, 3.05) is 13.1 Å². The number of nitrogens with zero attached hydrogens (tertiary/aromatic N) is 2. The fourth-order valence-corrected chi connectivity index (χ4v) is 3.71. The lowest BCUT2D eigenvalue weighted by Gasteiger charge is -2.20. The predicted octanol–water partition coefficient (Wildman–Crippen LogP) is 1.97. The van der Waals surface area contributed by atoms with E-state index in [0.29, 0.717) is 24.0 Å². The zero-order valence-electron chi connectivity index (χ0n) is 15.0. The average molecular weight is 435 g/mol. The van der Waals surface area contributed by atoms with Crippen molar-refractivity contribution < 1.29 is 9.59 Å². The monoisotopic (exact) mass is 434 g/mol. The minimum Gasteiger partial charge on any atom is -0.354 e. The van der Waals surface area contributed by atoms with Gasteiger partial charge in [-0.15, -0.1) is 0 Å². The highest BCUT2D eigenvalue weighted by molar-refractivity contribution is 9.10. The molecule has 2 aromatic rings. The molecular formula is C19H23BrN4O3. The van der Waals surface area contributed by atoms with Crippen LogP contribution in [0.25, 0.3) is 10.9 Å². The second-order valence-corrected chi connectivity index (χ2v) is 7.73. The molecule has 1 aliphatic rings. The smallest absolute Gasteiger partial charge is 0.261 e. The summed E-state index contributed by atoms with van der Waals surface area (Å²) in [6, 6.07) is 5.26. The van der Waals surface area contributed by atoms with E-state index in [-0.39, 0.29) is 29.8 Å². The Morgan fingerprint density at radius 1 is 1.15 bits per heavy atom. The Labute approximate surface area is 165 Å². The van der Waals surface area contributed by atoms with Crippen LogP contribution in [0, 0.1) is 5.92 Å². The number of carbonyl (C=O) groups is 2. The lowest BCUT2D eigenvalue weighted by atomic mass is 9.89. The summed E-state index contributed by atoms with van der Waals surface area (Å²) in [6.45, 7) is 0.613. The number of rotatable bonds is 6. The van der Waals surface area contributed by atoms with Gasteiger partial charge in [-0.05, 0) is 31.0 Å². The third-order valence-electron chi connectivity index (χ3n) is 4.82. The molecule has 1 heterocycles. The van der Waals surface area contributed by atoms with Gasteiger partial charge in [-0.25, -0.2) is 4.98 Å². The first-order valence-electron chi connectivity index (χ1n) is 9.24. The topological polar surface area (TPSA) is 93.1 Å². The molecule has 0 spiro atoms. The lowest BCUT2D eigenvalue weighted by Crippen LogP contribution is -2.39. The maximum atomic E-state index is 12.5. The molecule has 8 heteroatoms. The van der Waals surface area contributed by atoms with Gasteiger partial charge in [-0.1, -0.05) is 35.2 Å². The Kier molecular flexibility index (Phi) is 6.60. The van der Waals surface area contributed by atoms with Crippen molar-refractivity contribution in [2.45, 2.75) is 38.6 Å². The van der Waals surface area contributed by atoms with Crippen LogP contribution >= 0.6 is 15.9 Å². The number of halogens is 1. The molecule has 7 nitrogen and oxygen atoms in total. The second-order valence-electron chi connectivity index (χ2n) is 6.82. The van der Waals surface area contributed by atoms with E-state index < -0.39 is 0 Å². The molecule has 0 unspecified atom stereocenters. The highest BCUT2D eigenvalue weighted by atomic mass is 79.9. The molecule has 0 bridgehead atoms. The molecule has 0 saturated heterocycles. The van der Waals surface area contributed by atoms with E-state index in [0.717, 1.165) is 30.2 Å². The maximum Gasteiger partial charge on any atom is 0.261 e.